The van der Waals surface area contributed by atoms with E-state index in [0.29, 0.717) is 0 Å². The van der Waals surface area contributed by atoms with Gasteiger partial charge in [0.2, 0.25) is 0 Å². The Hall–Kier alpha value is -1.39. The van der Waals surface area contributed by atoms with Gasteiger partial charge in [-0.15, -0.1) is 11.3 Å². The first-order valence-electron chi connectivity index (χ1n) is 5.51. The molecule has 0 radical (unpaired) electrons. The van der Waals surface area contributed by atoms with Crippen LogP contribution in [0.3, 0.4) is 0 Å². The molecule has 1 aliphatic heterocycles. The highest BCUT2D eigenvalue weighted by atomic mass is 79.9. The molecule has 1 aromatic heterocycles. The number of carbonyl (C=O) groups is 1. The lowest BCUT2D eigenvalue weighted by Crippen LogP contribution is -2.20. The summed E-state index contributed by atoms with van der Waals surface area (Å²) in [6, 6.07) is 11.9. The zero-order valence-corrected chi connectivity index (χ0v) is 12.1. The fourth-order valence-electron chi connectivity index (χ4n) is 2.09. The molecule has 4 heteroatoms. The smallest absolute Gasteiger partial charge is 0.258 e. The minimum absolute atomic E-state index is 0.0562. The molecule has 1 amide bonds. The molecule has 2 heterocycles. The molecular weight excluding hydrogens is 310 g/mol. The van der Waals surface area contributed by atoms with Crippen molar-refractivity contribution in [3.8, 4) is 0 Å². The molecule has 0 saturated heterocycles. The molecule has 3 rings (SSSR count). The Balaban J connectivity index is 2.13. The van der Waals surface area contributed by atoms with Crippen LogP contribution >= 0.6 is 27.3 Å². The maximum Gasteiger partial charge on any atom is 0.258 e. The molecule has 0 aliphatic carbocycles. The molecule has 0 saturated carbocycles. The number of rotatable bonds is 1. The number of para-hydroxylation sites is 1. The van der Waals surface area contributed by atoms with E-state index in [-0.39, 0.29) is 5.91 Å². The SMILES string of the molecule is CN1C(=O)/C(=C\c2ccc(Br)s2)c2ccccc21. The summed E-state index contributed by atoms with van der Waals surface area (Å²) in [5, 5.41) is 0. The molecule has 0 spiro atoms. The minimum atomic E-state index is 0.0562. The van der Waals surface area contributed by atoms with Crippen molar-refractivity contribution in [2.75, 3.05) is 11.9 Å². The number of anilines is 1. The summed E-state index contributed by atoms with van der Waals surface area (Å²) in [6.45, 7) is 0. The second-order valence-corrected chi connectivity index (χ2v) is 6.58. The molecule has 1 aromatic carbocycles. The van der Waals surface area contributed by atoms with Crippen molar-refractivity contribution in [1.29, 1.82) is 0 Å². The van der Waals surface area contributed by atoms with Crippen LogP contribution in [0.4, 0.5) is 5.69 Å². The third kappa shape index (κ3) is 1.82. The number of nitrogens with zero attached hydrogens (tertiary/aromatic N) is 1. The molecule has 90 valence electrons. The van der Waals surface area contributed by atoms with Crippen molar-refractivity contribution >= 4 is 50.5 Å². The number of hydrogen-bond acceptors (Lipinski definition) is 2. The van der Waals surface area contributed by atoms with Gasteiger partial charge in [0.1, 0.15) is 0 Å². The van der Waals surface area contributed by atoms with E-state index in [4.69, 9.17) is 0 Å². The second-order valence-electron chi connectivity index (χ2n) is 4.08. The Kier molecular flexibility index (Phi) is 2.84. The molecular formula is C14H10BrNOS. The number of thiophene rings is 1. The Morgan fingerprint density at radius 1 is 1.22 bits per heavy atom. The first kappa shape index (κ1) is 11.7. The number of fused-ring (bicyclic) bond motifs is 1. The van der Waals surface area contributed by atoms with Crippen LogP contribution in [0, 0.1) is 0 Å². The van der Waals surface area contributed by atoms with E-state index in [9.17, 15) is 4.79 Å². The van der Waals surface area contributed by atoms with Crippen LogP contribution in [0.15, 0.2) is 40.2 Å². The predicted molar refractivity (Wildman–Crippen MR) is 79.7 cm³/mol. The van der Waals surface area contributed by atoms with Gasteiger partial charge in [-0.1, -0.05) is 18.2 Å². The summed E-state index contributed by atoms with van der Waals surface area (Å²) in [7, 11) is 1.81. The van der Waals surface area contributed by atoms with Gasteiger partial charge in [0.05, 0.1) is 15.0 Å². The fraction of sp³-hybridized carbons (Fsp3) is 0.0714. The van der Waals surface area contributed by atoms with Crippen molar-refractivity contribution in [1.82, 2.24) is 0 Å². The average molecular weight is 320 g/mol. The van der Waals surface area contributed by atoms with E-state index in [1.54, 1.807) is 16.2 Å². The monoisotopic (exact) mass is 319 g/mol. The first-order valence-corrected chi connectivity index (χ1v) is 7.12. The lowest BCUT2D eigenvalue weighted by atomic mass is 10.1. The van der Waals surface area contributed by atoms with E-state index >= 15 is 0 Å². The molecule has 0 fully saturated rings. The summed E-state index contributed by atoms with van der Waals surface area (Å²) in [4.78, 5) is 15.0. The van der Waals surface area contributed by atoms with E-state index in [0.717, 1.165) is 25.5 Å². The molecule has 0 unspecified atom stereocenters. The molecule has 1 aliphatic rings. The van der Waals surface area contributed by atoms with Crippen LogP contribution in [0.25, 0.3) is 11.6 Å². The van der Waals surface area contributed by atoms with Gasteiger partial charge in [0.25, 0.3) is 5.91 Å². The van der Waals surface area contributed by atoms with Crippen molar-refractivity contribution < 1.29 is 4.79 Å². The fourth-order valence-corrected chi connectivity index (χ4v) is 3.45. The molecule has 18 heavy (non-hydrogen) atoms. The number of halogens is 1. The van der Waals surface area contributed by atoms with Gasteiger partial charge in [-0.2, -0.15) is 0 Å². The number of amides is 1. The van der Waals surface area contributed by atoms with Crippen LogP contribution in [-0.2, 0) is 4.79 Å². The maximum atomic E-state index is 12.2. The van der Waals surface area contributed by atoms with Crippen molar-refractivity contribution in [2.24, 2.45) is 0 Å². The third-order valence-electron chi connectivity index (χ3n) is 2.97. The average Bonchev–Trinajstić information content (AvgIpc) is 2.88. The number of hydrogen-bond donors (Lipinski definition) is 0. The van der Waals surface area contributed by atoms with Crippen LogP contribution in [0.5, 0.6) is 0 Å². The van der Waals surface area contributed by atoms with E-state index < -0.39 is 0 Å². The lowest BCUT2D eigenvalue weighted by molar-refractivity contribution is -0.112. The van der Waals surface area contributed by atoms with Gasteiger partial charge >= 0.3 is 0 Å². The Morgan fingerprint density at radius 2 is 2.00 bits per heavy atom. The van der Waals surface area contributed by atoms with Gasteiger partial charge in [0.15, 0.2) is 0 Å². The number of benzene rings is 1. The molecule has 0 bridgehead atoms. The zero-order chi connectivity index (χ0) is 12.7. The topological polar surface area (TPSA) is 20.3 Å². The Morgan fingerprint density at radius 3 is 2.72 bits per heavy atom. The highest BCUT2D eigenvalue weighted by molar-refractivity contribution is 9.11. The zero-order valence-electron chi connectivity index (χ0n) is 9.68. The Bertz CT molecular complexity index is 659. The Labute approximate surface area is 118 Å². The van der Waals surface area contributed by atoms with Crippen LogP contribution < -0.4 is 4.90 Å². The van der Waals surface area contributed by atoms with Gasteiger partial charge in [-0.25, -0.2) is 0 Å². The predicted octanol–water partition coefficient (Wildman–Crippen LogP) is 4.03. The third-order valence-corrected chi connectivity index (χ3v) is 4.54. The van der Waals surface area contributed by atoms with Gasteiger partial charge in [-0.3, -0.25) is 4.79 Å². The molecule has 2 nitrogen and oxygen atoms in total. The van der Waals surface area contributed by atoms with E-state index in [2.05, 4.69) is 15.9 Å². The summed E-state index contributed by atoms with van der Waals surface area (Å²) in [5.41, 5.74) is 2.75. The summed E-state index contributed by atoms with van der Waals surface area (Å²) in [5.74, 6) is 0.0562. The molecule has 0 N–H and O–H groups in total. The first-order chi connectivity index (χ1) is 8.66. The summed E-state index contributed by atoms with van der Waals surface area (Å²) in [6.07, 6.45) is 1.96. The van der Waals surface area contributed by atoms with Crippen molar-refractivity contribution in [3.05, 3.63) is 50.6 Å². The van der Waals surface area contributed by atoms with Crippen molar-refractivity contribution in [2.45, 2.75) is 0 Å². The summed E-state index contributed by atoms with van der Waals surface area (Å²) < 4.78 is 1.07. The van der Waals surface area contributed by atoms with Gasteiger partial charge in [-0.05, 0) is 40.2 Å². The van der Waals surface area contributed by atoms with Crippen LogP contribution in [-0.4, -0.2) is 13.0 Å². The number of likely N-dealkylation sites (N-methyl/N-ethyl adjacent to an activating group) is 1. The van der Waals surface area contributed by atoms with Crippen molar-refractivity contribution in [3.63, 3.8) is 0 Å². The quantitative estimate of drug-likeness (QED) is 0.727. The van der Waals surface area contributed by atoms with Crippen LogP contribution in [0.1, 0.15) is 10.4 Å². The van der Waals surface area contributed by atoms with E-state index in [1.807, 2.05) is 49.5 Å². The maximum absolute atomic E-state index is 12.2. The largest absolute Gasteiger partial charge is 0.311 e. The normalized spacial score (nSPS) is 16.4. The van der Waals surface area contributed by atoms with Gasteiger partial charge < -0.3 is 4.90 Å². The lowest BCUT2D eigenvalue weighted by Gasteiger charge is -2.07. The number of carbonyl (C=O) groups excluding carboxylic acids is 1. The minimum Gasteiger partial charge on any atom is -0.311 e. The molecule has 0 atom stereocenters. The second kappa shape index (κ2) is 4.37. The van der Waals surface area contributed by atoms with E-state index in [1.165, 1.54) is 0 Å². The highest BCUT2D eigenvalue weighted by Crippen LogP contribution is 2.37. The highest BCUT2D eigenvalue weighted by Gasteiger charge is 2.28. The van der Waals surface area contributed by atoms with Gasteiger partial charge in [0, 0.05) is 17.5 Å². The standard InChI is InChI=1S/C14H10BrNOS/c1-16-12-5-3-2-4-10(12)11(14(16)17)8-9-6-7-13(15)18-9/h2-8H,1H3/b11-8-. The summed E-state index contributed by atoms with van der Waals surface area (Å²) >= 11 is 5.06. The molecule has 2 aromatic rings. The van der Waals surface area contributed by atoms with Crippen LogP contribution in [0.2, 0.25) is 0 Å².